The summed E-state index contributed by atoms with van der Waals surface area (Å²) in [7, 11) is 0. The molecular formula is C24H23N5. The molecule has 2 fully saturated rings. The van der Waals surface area contributed by atoms with Gasteiger partial charge >= 0.3 is 0 Å². The van der Waals surface area contributed by atoms with Gasteiger partial charge in [0.1, 0.15) is 6.33 Å². The van der Waals surface area contributed by atoms with E-state index in [0.29, 0.717) is 12.0 Å². The van der Waals surface area contributed by atoms with Gasteiger partial charge < -0.3 is 9.47 Å². The van der Waals surface area contributed by atoms with Crippen molar-refractivity contribution >= 4 is 11.4 Å². The van der Waals surface area contributed by atoms with E-state index in [4.69, 9.17) is 4.98 Å². The van der Waals surface area contributed by atoms with E-state index >= 15 is 0 Å². The molecule has 2 saturated carbocycles. The van der Waals surface area contributed by atoms with Crippen molar-refractivity contribution in [2.75, 3.05) is 11.4 Å². The van der Waals surface area contributed by atoms with E-state index in [1.165, 1.54) is 37.1 Å². The summed E-state index contributed by atoms with van der Waals surface area (Å²) in [4.78, 5) is 7.07. The van der Waals surface area contributed by atoms with Crippen molar-refractivity contribution in [3.8, 4) is 11.4 Å². The Morgan fingerprint density at radius 2 is 1.90 bits per heavy atom. The van der Waals surface area contributed by atoms with Crippen LogP contribution >= 0.6 is 0 Å². The van der Waals surface area contributed by atoms with E-state index in [1.54, 1.807) is 0 Å². The molecule has 0 bridgehead atoms. The molecule has 0 unspecified atom stereocenters. The second-order valence-corrected chi connectivity index (χ2v) is 8.18. The van der Waals surface area contributed by atoms with Crippen LogP contribution in [0.3, 0.4) is 0 Å². The summed E-state index contributed by atoms with van der Waals surface area (Å²) in [6.07, 6.45) is 15.4. The third kappa shape index (κ3) is 3.16. The van der Waals surface area contributed by atoms with Crippen molar-refractivity contribution in [1.82, 2.24) is 19.7 Å². The first-order chi connectivity index (χ1) is 14.4. The molecule has 3 aromatic rings. The first kappa shape index (κ1) is 16.7. The van der Waals surface area contributed by atoms with Gasteiger partial charge in [-0.3, -0.25) is 4.98 Å². The number of pyridine rings is 1. The van der Waals surface area contributed by atoms with E-state index in [1.807, 2.05) is 12.5 Å². The van der Waals surface area contributed by atoms with Gasteiger partial charge in [0.2, 0.25) is 0 Å². The Labute approximate surface area is 170 Å². The molecule has 2 aliphatic carbocycles. The minimum atomic E-state index is 0.563. The molecule has 144 valence electrons. The normalized spacial score (nSPS) is 18.8. The minimum Gasteiger partial charge on any atom is -0.337 e. The highest BCUT2D eigenvalue weighted by Crippen LogP contribution is 2.40. The molecule has 5 heteroatoms. The molecule has 1 aliphatic heterocycles. The second-order valence-electron chi connectivity index (χ2n) is 8.18. The van der Waals surface area contributed by atoms with Gasteiger partial charge in [0.15, 0.2) is 5.82 Å². The zero-order valence-corrected chi connectivity index (χ0v) is 16.3. The zero-order chi connectivity index (χ0) is 19.2. The maximum Gasteiger partial charge on any atom is 0.164 e. The van der Waals surface area contributed by atoms with Crippen LogP contribution in [0.1, 0.15) is 48.9 Å². The average Bonchev–Trinajstić information content (AvgIpc) is 3.73. The van der Waals surface area contributed by atoms with Gasteiger partial charge in [-0.25, -0.2) is 0 Å². The van der Waals surface area contributed by atoms with Crippen LogP contribution in [0, 0.1) is 0 Å². The number of anilines is 1. The quantitative estimate of drug-likeness (QED) is 0.626. The Kier molecular flexibility index (Phi) is 3.86. The molecule has 3 heterocycles. The summed E-state index contributed by atoms with van der Waals surface area (Å²) >= 11 is 0. The summed E-state index contributed by atoms with van der Waals surface area (Å²) in [5, 5.41) is 8.56. The lowest BCUT2D eigenvalue weighted by Crippen LogP contribution is -2.23. The Morgan fingerprint density at radius 1 is 0.966 bits per heavy atom. The topological polar surface area (TPSA) is 46.8 Å². The van der Waals surface area contributed by atoms with Gasteiger partial charge in [-0.1, -0.05) is 24.3 Å². The molecule has 29 heavy (non-hydrogen) atoms. The first-order valence-electron chi connectivity index (χ1n) is 10.5. The Hall–Kier alpha value is -3.21. The predicted molar refractivity (Wildman–Crippen MR) is 114 cm³/mol. The number of rotatable bonds is 5. The largest absolute Gasteiger partial charge is 0.337 e. The predicted octanol–water partition coefficient (Wildman–Crippen LogP) is 4.97. The molecule has 2 aromatic heterocycles. The van der Waals surface area contributed by atoms with Gasteiger partial charge in [-0.05, 0) is 56.0 Å². The van der Waals surface area contributed by atoms with Gasteiger partial charge in [-0.15, -0.1) is 10.2 Å². The molecule has 6 rings (SSSR count). The van der Waals surface area contributed by atoms with Crippen LogP contribution in [0.4, 0.5) is 5.69 Å². The third-order valence-electron chi connectivity index (χ3n) is 5.98. The SMILES string of the molecule is C1=CCN(c2cccc(-c3nncn3C3CC3)c2)C(c2ccc(C3CC3)nc2)=C1. The van der Waals surface area contributed by atoms with Crippen LogP contribution in [-0.4, -0.2) is 26.3 Å². The minimum absolute atomic E-state index is 0.563. The zero-order valence-electron chi connectivity index (χ0n) is 16.3. The lowest BCUT2D eigenvalue weighted by Gasteiger charge is -2.29. The van der Waals surface area contributed by atoms with E-state index < -0.39 is 0 Å². The fraction of sp³-hybridized carbons (Fsp3) is 0.292. The van der Waals surface area contributed by atoms with Gasteiger partial charge in [-0.2, -0.15) is 0 Å². The van der Waals surface area contributed by atoms with E-state index in [0.717, 1.165) is 29.2 Å². The van der Waals surface area contributed by atoms with Crippen molar-refractivity contribution < 1.29 is 0 Å². The molecule has 0 radical (unpaired) electrons. The highest BCUT2D eigenvalue weighted by molar-refractivity contribution is 5.82. The molecule has 0 atom stereocenters. The molecule has 3 aliphatic rings. The van der Waals surface area contributed by atoms with Gasteiger partial charge in [0, 0.05) is 47.2 Å². The van der Waals surface area contributed by atoms with Gasteiger partial charge in [0.05, 0.1) is 5.70 Å². The highest BCUT2D eigenvalue weighted by Gasteiger charge is 2.27. The Morgan fingerprint density at radius 3 is 2.69 bits per heavy atom. The number of aromatic nitrogens is 4. The molecule has 0 amide bonds. The summed E-state index contributed by atoms with van der Waals surface area (Å²) in [5.74, 6) is 1.64. The monoisotopic (exact) mass is 381 g/mol. The molecule has 5 nitrogen and oxygen atoms in total. The van der Waals surface area contributed by atoms with E-state index in [-0.39, 0.29) is 0 Å². The summed E-state index contributed by atoms with van der Waals surface area (Å²) < 4.78 is 2.21. The van der Waals surface area contributed by atoms with Crippen molar-refractivity contribution in [1.29, 1.82) is 0 Å². The number of allylic oxidation sites excluding steroid dienone is 2. The molecule has 1 aromatic carbocycles. The van der Waals surface area contributed by atoms with Crippen molar-refractivity contribution in [2.45, 2.75) is 37.6 Å². The van der Waals surface area contributed by atoms with E-state index in [9.17, 15) is 0 Å². The summed E-state index contributed by atoms with van der Waals surface area (Å²) in [6, 6.07) is 13.6. The molecule has 0 saturated heterocycles. The number of hydrogen-bond acceptors (Lipinski definition) is 4. The van der Waals surface area contributed by atoms with Crippen LogP contribution in [0.2, 0.25) is 0 Å². The highest BCUT2D eigenvalue weighted by atomic mass is 15.3. The van der Waals surface area contributed by atoms with Crippen LogP contribution in [-0.2, 0) is 0 Å². The van der Waals surface area contributed by atoms with Crippen LogP contribution in [0.15, 0.2) is 67.2 Å². The number of benzene rings is 1. The van der Waals surface area contributed by atoms with E-state index in [2.05, 4.69) is 74.3 Å². The maximum absolute atomic E-state index is 4.73. The second kappa shape index (κ2) is 6.69. The molecule has 0 spiro atoms. The average molecular weight is 381 g/mol. The smallest absolute Gasteiger partial charge is 0.164 e. The first-order valence-corrected chi connectivity index (χ1v) is 10.5. The van der Waals surface area contributed by atoms with Crippen molar-refractivity contribution in [2.24, 2.45) is 0 Å². The number of hydrogen-bond donors (Lipinski definition) is 0. The van der Waals surface area contributed by atoms with Gasteiger partial charge in [0.25, 0.3) is 0 Å². The van der Waals surface area contributed by atoms with Crippen molar-refractivity contribution in [3.05, 3.63) is 78.4 Å². The van der Waals surface area contributed by atoms with Crippen LogP contribution in [0.5, 0.6) is 0 Å². The Bertz CT molecular complexity index is 1100. The number of nitrogens with zero attached hydrogens (tertiary/aromatic N) is 5. The van der Waals surface area contributed by atoms with Crippen LogP contribution < -0.4 is 4.90 Å². The van der Waals surface area contributed by atoms with Crippen molar-refractivity contribution in [3.63, 3.8) is 0 Å². The molecule has 0 N–H and O–H groups in total. The molecular weight excluding hydrogens is 358 g/mol. The fourth-order valence-corrected chi connectivity index (χ4v) is 4.07. The standard InChI is InChI=1S/C24H23N5/c1-2-13-28(23(6-1)19-9-12-22(25-15-19)17-7-8-17)21-5-3-4-18(14-21)24-27-26-16-29(24)20-10-11-20/h1-6,9,12,14-17,20H,7-8,10-11,13H2. The van der Waals surface area contributed by atoms with Crippen LogP contribution in [0.25, 0.3) is 17.1 Å². The maximum atomic E-state index is 4.73. The lowest BCUT2D eigenvalue weighted by molar-refractivity contribution is 0.746. The third-order valence-corrected chi connectivity index (χ3v) is 5.98. The lowest BCUT2D eigenvalue weighted by atomic mass is 10.1. The summed E-state index contributed by atoms with van der Waals surface area (Å²) in [6.45, 7) is 0.842. The fourth-order valence-electron chi connectivity index (χ4n) is 4.07. The summed E-state index contributed by atoms with van der Waals surface area (Å²) in [5.41, 5.74) is 5.85. The Balaban J connectivity index is 1.34.